The van der Waals surface area contributed by atoms with E-state index < -0.39 is 10.1 Å². The summed E-state index contributed by atoms with van der Waals surface area (Å²) in [5.74, 6) is 0.353. The molecule has 6 nitrogen and oxygen atoms in total. The molecule has 0 bridgehead atoms. The number of aromatic nitrogens is 2. The van der Waals surface area contributed by atoms with Crippen LogP contribution in [0, 0.1) is 6.92 Å². The number of thiazole rings is 1. The maximum atomic E-state index is 12.5. The number of fused-ring (bicyclic) bond motifs is 1. The van der Waals surface area contributed by atoms with Crippen LogP contribution in [0.5, 0.6) is 5.88 Å². The van der Waals surface area contributed by atoms with Crippen molar-refractivity contribution in [1.29, 1.82) is 0 Å². The largest absolute Gasteiger partial charge is 0.472 e. The molecule has 0 saturated heterocycles. The number of aryl methyl sites for hydroxylation is 1. The Morgan fingerprint density at radius 2 is 1.66 bits per heavy atom. The Hall–Kier alpha value is -2.81. The summed E-state index contributed by atoms with van der Waals surface area (Å²) in [4.78, 5) is 8.95. The van der Waals surface area contributed by atoms with Crippen molar-refractivity contribution in [3.05, 3.63) is 83.0 Å². The fraction of sp³-hybridized carbons (Fsp3) is 0.143. The Bertz CT molecular complexity index is 1220. The third-order valence-electron chi connectivity index (χ3n) is 4.32. The number of ether oxygens (including phenoxy) is 1. The lowest BCUT2D eigenvalue weighted by atomic mass is 10.2. The summed E-state index contributed by atoms with van der Waals surface area (Å²) in [6.45, 7) is 1.98. The predicted octanol–water partition coefficient (Wildman–Crippen LogP) is 4.48. The van der Waals surface area contributed by atoms with Gasteiger partial charge in [-0.3, -0.25) is 4.18 Å². The Morgan fingerprint density at radius 1 is 0.966 bits per heavy atom. The highest BCUT2D eigenvalue weighted by molar-refractivity contribution is 7.86. The first kappa shape index (κ1) is 19.5. The smallest absolute Gasteiger partial charge is 0.297 e. The normalized spacial score (nSPS) is 11.6. The number of benzene rings is 2. The van der Waals surface area contributed by atoms with Crippen LogP contribution >= 0.6 is 11.3 Å². The van der Waals surface area contributed by atoms with Crippen LogP contribution < -0.4 is 4.74 Å². The van der Waals surface area contributed by atoms with E-state index in [4.69, 9.17) is 8.92 Å². The van der Waals surface area contributed by atoms with Crippen molar-refractivity contribution in [2.24, 2.45) is 0 Å². The van der Waals surface area contributed by atoms with E-state index in [2.05, 4.69) is 9.97 Å². The molecule has 0 saturated carbocycles. The van der Waals surface area contributed by atoms with Crippen LogP contribution in [-0.2, 0) is 27.5 Å². The van der Waals surface area contributed by atoms with E-state index in [0.717, 1.165) is 21.5 Å². The van der Waals surface area contributed by atoms with E-state index in [0.29, 0.717) is 18.1 Å². The lowest BCUT2D eigenvalue weighted by Gasteiger charge is -2.13. The fourth-order valence-electron chi connectivity index (χ4n) is 2.85. The van der Waals surface area contributed by atoms with E-state index in [1.54, 1.807) is 23.7 Å². The molecule has 0 aliphatic rings. The molecule has 0 aliphatic carbocycles. The van der Waals surface area contributed by atoms with Crippen molar-refractivity contribution in [2.45, 2.75) is 25.0 Å². The molecule has 2 aromatic heterocycles. The van der Waals surface area contributed by atoms with Gasteiger partial charge in [0.25, 0.3) is 10.1 Å². The van der Waals surface area contributed by atoms with Crippen molar-refractivity contribution in [1.82, 2.24) is 9.97 Å². The quantitative estimate of drug-likeness (QED) is 0.405. The van der Waals surface area contributed by atoms with Crippen molar-refractivity contribution in [3.8, 4) is 5.88 Å². The monoisotopic (exact) mass is 426 g/mol. The number of nitrogens with zero attached hydrogens (tertiary/aromatic N) is 2. The van der Waals surface area contributed by atoms with Crippen molar-refractivity contribution in [3.63, 3.8) is 0 Å². The first-order chi connectivity index (χ1) is 14.0. The second kappa shape index (κ2) is 8.28. The number of pyridine rings is 1. The minimum Gasteiger partial charge on any atom is -0.472 e. The van der Waals surface area contributed by atoms with E-state index >= 15 is 0 Å². The Morgan fingerprint density at radius 3 is 2.38 bits per heavy atom. The van der Waals surface area contributed by atoms with Crippen LogP contribution in [0.4, 0.5) is 0 Å². The molecule has 2 heterocycles. The number of hydrogen-bond acceptors (Lipinski definition) is 7. The molecule has 0 N–H and O–H groups in total. The highest BCUT2D eigenvalue weighted by atomic mass is 32.2. The maximum Gasteiger partial charge on any atom is 0.297 e. The maximum absolute atomic E-state index is 12.5. The second-order valence-corrected chi connectivity index (χ2v) is 8.78. The molecule has 0 aliphatic heterocycles. The van der Waals surface area contributed by atoms with Gasteiger partial charge in [0.1, 0.15) is 12.1 Å². The molecule has 0 radical (unpaired) electrons. The SMILES string of the molecule is Cc1nc(OCc2ccccc2)c(COS(=O)(=O)c2ccccc2)c2scnc12. The van der Waals surface area contributed by atoms with E-state index in [1.807, 2.05) is 37.3 Å². The highest BCUT2D eigenvalue weighted by Gasteiger charge is 2.21. The zero-order valence-corrected chi connectivity index (χ0v) is 17.2. The van der Waals surface area contributed by atoms with E-state index in [9.17, 15) is 8.42 Å². The number of rotatable bonds is 7. The topological polar surface area (TPSA) is 78.4 Å². The zero-order chi connectivity index (χ0) is 20.3. The summed E-state index contributed by atoms with van der Waals surface area (Å²) < 4.78 is 37.2. The molecule has 0 amide bonds. The molecular weight excluding hydrogens is 408 g/mol. The molecule has 148 valence electrons. The minimum absolute atomic E-state index is 0.104. The van der Waals surface area contributed by atoms with Crippen LogP contribution in [0.25, 0.3) is 10.2 Å². The molecule has 29 heavy (non-hydrogen) atoms. The Balaban J connectivity index is 1.65. The van der Waals surface area contributed by atoms with Crippen LogP contribution in [0.2, 0.25) is 0 Å². The minimum atomic E-state index is -3.90. The zero-order valence-electron chi connectivity index (χ0n) is 15.6. The van der Waals surface area contributed by atoms with Crippen LogP contribution in [0.1, 0.15) is 16.8 Å². The molecule has 0 unspecified atom stereocenters. The molecule has 2 aromatic carbocycles. The molecule has 4 rings (SSSR count). The van der Waals surface area contributed by atoms with Gasteiger partial charge in [-0.15, -0.1) is 11.3 Å². The highest BCUT2D eigenvalue weighted by Crippen LogP contribution is 2.32. The average molecular weight is 427 g/mol. The van der Waals surface area contributed by atoms with Crippen molar-refractivity contribution in [2.75, 3.05) is 0 Å². The Labute approximate surface area is 172 Å². The van der Waals surface area contributed by atoms with Crippen molar-refractivity contribution >= 4 is 31.7 Å². The summed E-state index contributed by atoms with van der Waals surface area (Å²) >= 11 is 1.40. The van der Waals surface area contributed by atoms with E-state index in [1.165, 1.54) is 23.5 Å². The summed E-state index contributed by atoms with van der Waals surface area (Å²) in [6, 6.07) is 17.7. The lowest BCUT2D eigenvalue weighted by Crippen LogP contribution is -2.09. The summed E-state index contributed by atoms with van der Waals surface area (Å²) in [6.07, 6.45) is 0. The first-order valence-corrected chi connectivity index (χ1v) is 11.2. The van der Waals surface area contributed by atoms with Crippen molar-refractivity contribution < 1.29 is 17.3 Å². The third-order valence-corrected chi connectivity index (χ3v) is 6.48. The summed E-state index contributed by atoms with van der Waals surface area (Å²) in [5.41, 5.74) is 4.70. The van der Waals surface area contributed by atoms with Gasteiger partial charge in [0.05, 0.1) is 33.0 Å². The number of hydrogen-bond donors (Lipinski definition) is 0. The predicted molar refractivity (Wildman–Crippen MR) is 111 cm³/mol. The van der Waals surface area contributed by atoms with E-state index in [-0.39, 0.29) is 11.5 Å². The molecule has 0 atom stereocenters. The molecular formula is C21H18N2O4S2. The second-order valence-electron chi connectivity index (χ2n) is 6.31. The van der Waals surface area contributed by atoms with Gasteiger partial charge in [0.2, 0.25) is 5.88 Å². The molecule has 0 spiro atoms. The molecule has 4 aromatic rings. The molecule has 0 fully saturated rings. The average Bonchev–Trinajstić information content (AvgIpc) is 3.24. The Kier molecular flexibility index (Phi) is 5.57. The van der Waals surface area contributed by atoms with Crippen LogP contribution in [-0.4, -0.2) is 18.4 Å². The fourth-order valence-corrected chi connectivity index (χ4v) is 4.62. The van der Waals surface area contributed by atoms with Gasteiger partial charge in [0, 0.05) is 0 Å². The molecule has 8 heteroatoms. The summed E-state index contributed by atoms with van der Waals surface area (Å²) in [7, 11) is -3.90. The van der Waals surface area contributed by atoms with Gasteiger partial charge < -0.3 is 4.74 Å². The van der Waals surface area contributed by atoms with Crippen LogP contribution in [0.3, 0.4) is 0 Å². The standard InChI is InChI=1S/C21H18N2O4S2/c1-15-19-20(28-14-22-19)18(13-27-29(24,25)17-10-6-3-7-11-17)21(23-15)26-12-16-8-4-2-5-9-16/h2-11,14H,12-13H2,1H3. The summed E-state index contributed by atoms with van der Waals surface area (Å²) in [5, 5.41) is 0. The van der Waals surface area contributed by atoms with Gasteiger partial charge in [-0.05, 0) is 24.6 Å². The van der Waals surface area contributed by atoms with Gasteiger partial charge in [-0.2, -0.15) is 8.42 Å². The van der Waals surface area contributed by atoms with Gasteiger partial charge in [0.15, 0.2) is 0 Å². The van der Waals surface area contributed by atoms with Gasteiger partial charge >= 0.3 is 0 Å². The third kappa shape index (κ3) is 4.29. The first-order valence-electron chi connectivity index (χ1n) is 8.88. The van der Waals surface area contributed by atoms with Gasteiger partial charge in [-0.1, -0.05) is 48.5 Å². The van der Waals surface area contributed by atoms with Crippen LogP contribution in [0.15, 0.2) is 71.1 Å². The lowest BCUT2D eigenvalue weighted by molar-refractivity contribution is 0.269. The van der Waals surface area contributed by atoms with Gasteiger partial charge in [-0.25, -0.2) is 9.97 Å².